The monoisotopic (exact) mass is 757 g/mol. The number of hydrogen-bond acceptors (Lipinski definition) is 8. The number of carbonyl (C=O) groups is 3. The number of alkyl carbamates (subject to hydrolysis) is 1. The van der Waals surface area contributed by atoms with Gasteiger partial charge in [-0.05, 0) is 79.3 Å². The van der Waals surface area contributed by atoms with Gasteiger partial charge in [-0.1, -0.05) is 39.8 Å². The van der Waals surface area contributed by atoms with Gasteiger partial charge in [0, 0.05) is 36.0 Å². The summed E-state index contributed by atoms with van der Waals surface area (Å²) in [5, 5.41) is 5.36. The minimum Gasteiger partial charge on any atom is -0.455 e. The standard InChI is InChI=1S/C43H47N7O6/c1-23(2)18-36(51)49-16-6-8-33(49)40-44-21-31(46-40)26-11-13-28-25(19-26)10-14-29-38(52)30-20-27(12-15-35(30)56-39(28)29)32-22-45-41(47-32)34-9-7-17-50(34)42(53)37(24(3)4)48-43(54)55-5/h10-15,19-24,33-34,37H,6-9,16-18H2,1-5H3,(H,44,46)(H,45,47)(H,48,54)/t33-,34-,37+/m1/s1. The Kier molecular flexibility index (Phi) is 9.85. The van der Waals surface area contributed by atoms with Crippen molar-refractivity contribution in [1.82, 2.24) is 35.1 Å². The number of aromatic amines is 2. The van der Waals surface area contributed by atoms with Crippen LogP contribution in [0.2, 0.25) is 0 Å². The van der Waals surface area contributed by atoms with Crippen molar-refractivity contribution < 1.29 is 23.5 Å². The second-order valence-electron chi connectivity index (χ2n) is 15.8. The summed E-state index contributed by atoms with van der Waals surface area (Å²) in [7, 11) is 1.28. The van der Waals surface area contributed by atoms with Crippen LogP contribution in [0.25, 0.3) is 55.2 Å². The predicted molar refractivity (Wildman–Crippen MR) is 214 cm³/mol. The minimum absolute atomic E-state index is 0.0491. The third kappa shape index (κ3) is 6.79. The van der Waals surface area contributed by atoms with Crippen molar-refractivity contribution in [3.05, 3.63) is 82.8 Å². The van der Waals surface area contributed by atoms with Crippen LogP contribution in [0.4, 0.5) is 4.79 Å². The number of methoxy groups -OCH3 is 1. The van der Waals surface area contributed by atoms with Crippen LogP contribution in [0.3, 0.4) is 0 Å². The van der Waals surface area contributed by atoms with Crippen LogP contribution in [-0.2, 0) is 14.3 Å². The maximum atomic E-state index is 14.0. The molecule has 0 aliphatic carbocycles. The molecule has 6 aromatic rings. The molecular formula is C43H47N7O6. The highest BCUT2D eigenvalue weighted by Crippen LogP contribution is 2.36. The summed E-state index contributed by atoms with van der Waals surface area (Å²) >= 11 is 0. The van der Waals surface area contributed by atoms with Gasteiger partial charge in [0.05, 0.1) is 53.7 Å². The van der Waals surface area contributed by atoms with E-state index in [1.807, 2.05) is 61.3 Å². The average molecular weight is 758 g/mol. The Morgan fingerprint density at radius 3 is 2.12 bits per heavy atom. The van der Waals surface area contributed by atoms with Crippen molar-refractivity contribution in [2.45, 2.75) is 77.9 Å². The maximum Gasteiger partial charge on any atom is 0.407 e. The molecule has 13 heteroatoms. The van der Waals surface area contributed by atoms with E-state index in [0.717, 1.165) is 65.6 Å². The van der Waals surface area contributed by atoms with Crippen molar-refractivity contribution in [2.24, 2.45) is 11.8 Å². The number of H-pyrrole nitrogens is 2. The number of aromatic nitrogens is 4. The number of nitrogens with zero attached hydrogens (tertiary/aromatic N) is 4. The van der Waals surface area contributed by atoms with E-state index in [0.29, 0.717) is 52.3 Å². The van der Waals surface area contributed by atoms with Crippen LogP contribution in [-0.4, -0.2) is 73.9 Å². The molecule has 2 saturated heterocycles. The molecule has 0 bridgehead atoms. The lowest BCUT2D eigenvalue weighted by molar-refractivity contribution is -0.135. The summed E-state index contributed by atoms with van der Waals surface area (Å²) in [5.41, 5.74) is 4.14. The summed E-state index contributed by atoms with van der Waals surface area (Å²) < 4.78 is 11.2. The van der Waals surface area contributed by atoms with Crippen molar-refractivity contribution in [3.8, 4) is 22.5 Å². The van der Waals surface area contributed by atoms with Gasteiger partial charge in [0.1, 0.15) is 28.9 Å². The fraction of sp³-hybridized carbons (Fsp3) is 0.395. The Hall–Kier alpha value is -5.98. The number of nitrogens with one attached hydrogen (secondary N) is 3. The van der Waals surface area contributed by atoms with Crippen molar-refractivity contribution in [2.75, 3.05) is 20.2 Å². The first kappa shape index (κ1) is 37.0. The Labute approximate surface area is 323 Å². The lowest BCUT2D eigenvalue weighted by Gasteiger charge is -2.30. The first-order valence-electron chi connectivity index (χ1n) is 19.5. The van der Waals surface area contributed by atoms with E-state index in [4.69, 9.17) is 14.1 Å². The Morgan fingerprint density at radius 2 is 1.46 bits per heavy atom. The lowest BCUT2D eigenvalue weighted by Crippen LogP contribution is -2.51. The predicted octanol–water partition coefficient (Wildman–Crippen LogP) is 7.63. The molecule has 3 amide bonds. The van der Waals surface area contributed by atoms with Crippen LogP contribution in [0.15, 0.2) is 70.1 Å². The molecule has 0 spiro atoms. The van der Waals surface area contributed by atoms with E-state index < -0.39 is 12.1 Å². The van der Waals surface area contributed by atoms with Gasteiger partial charge in [-0.2, -0.15) is 0 Å². The smallest absolute Gasteiger partial charge is 0.407 e. The molecule has 290 valence electrons. The van der Waals surface area contributed by atoms with E-state index in [1.165, 1.54) is 7.11 Å². The zero-order chi connectivity index (χ0) is 39.2. The first-order valence-corrected chi connectivity index (χ1v) is 19.5. The zero-order valence-electron chi connectivity index (χ0n) is 32.3. The topological polar surface area (TPSA) is 167 Å². The van der Waals surface area contributed by atoms with Crippen LogP contribution in [0, 0.1) is 11.8 Å². The van der Waals surface area contributed by atoms with Gasteiger partial charge in [-0.3, -0.25) is 14.4 Å². The molecule has 0 radical (unpaired) electrons. The summed E-state index contributed by atoms with van der Waals surface area (Å²) in [6.07, 6.45) is 6.81. The van der Waals surface area contributed by atoms with E-state index in [2.05, 4.69) is 40.2 Å². The number of rotatable bonds is 9. The number of ether oxygens (including phenoxy) is 1. The van der Waals surface area contributed by atoms with E-state index in [1.54, 1.807) is 17.2 Å². The van der Waals surface area contributed by atoms with Gasteiger partial charge in [0.15, 0.2) is 0 Å². The highest BCUT2D eigenvalue weighted by atomic mass is 16.5. The molecule has 2 fully saturated rings. The van der Waals surface area contributed by atoms with Gasteiger partial charge >= 0.3 is 6.09 Å². The fourth-order valence-electron chi connectivity index (χ4n) is 8.29. The number of benzene rings is 3. The van der Waals surface area contributed by atoms with Crippen LogP contribution >= 0.6 is 0 Å². The van der Waals surface area contributed by atoms with Gasteiger partial charge in [-0.15, -0.1) is 0 Å². The molecule has 8 rings (SSSR count). The first-order chi connectivity index (χ1) is 27.0. The van der Waals surface area contributed by atoms with Crippen molar-refractivity contribution in [3.63, 3.8) is 0 Å². The number of imidazole rings is 2. The molecule has 0 unspecified atom stereocenters. The number of carbonyl (C=O) groups excluding carboxylic acids is 3. The molecule has 5 heterocycles. The van der Waals surface area contributed by atoms with Crippen LogP contribution in [0.1, 0.15) is 83.5 Å². The molecule has 2 aliphatic heterocycles. The summed E-state index contributed by atoms with van der Waals surface area (Å²) in [4.78, 5) is 72.5. The van der Waals surface area contributed by atoms with Crippen LogP contribution in [0.5, 0.6) is 0 Å². The maximum absolute atomic E-state index is 14.0. The van der Waals surface area contributed by atoms with Gasteiger partial charge in [0.2, 0.25) is 17.2 Å². The Bertz CT molecular complexity index is 2530. The normalized spacial score (nSPS) is 17.8. The molecule has 3 aromatic heterocycles. The second kappa shape index (κ2) is 14.9. The molecular weight excluding hydrogens is 711 g/mol. The van der Waals surface area contributed by atoms with E-state index >= 15 is 0 Å². The summed E-state index contributed by atoms with van der Waals surface area (Å²) in [6.45, 7) is 9.20. The van der Waals surface area contributed by atoms with E-state index in [9.17, 15) is 19.2 Å². The van der Waals surface area contributed by atoms with Crippen molar-refractivity contribution in [1.29, 1.82) is 0 Å². The van der Waals surface area contributed by atoms with E-state index in [-0.39, 0.29) is 35.2 Å². The number of fused-ring (bicyclic) bond motifs is 4. The zero-order valence-corrected chi connectivity index (χ0v) is 32.3. The molecule has 56 heavy (non-hydrogen) atoms. The third-order valence-corrected chi connectivity index (χ3v) is 11.2. The van der Waals surface area contributed by atoms with Gasteiger partial charge in [0.25, 0.3) is 0 Å². The highest BCUT2D eigenvalue weighted by molar-refractivity contribution is 6.07. The summed E-state index contributed by atoms with van der Waals surface area (Å²) in [6, 6.07) is 14.2. The molecule has 2 aliphatic rings. The largest absolute Gasteiger partial charge is 0.455 e. The van der Waals surface area contributed by atoms with Gasteiger partial charge in [-0.25, -0.2) is 14.8 Å². The third-order valence-electron chi connectivity index (χ3n) is 11.2. The quantitative estimate of drug-likeness (QED) is 0.100. The fourth-order valence-corrected chi connectivity index (χ4v) is 8.29. The molecule has 3 N–H and O–H groups in total. The second-order valence-corrected chi connectivity index (χ2v) is 15.8. The average Bonchev–Trinajstić information content (AvgIpc) is 4.02. The van der Waals surface area contributed by atoms with Crippen LogP contribution < -0.4 is 10.7 Å². The molecule has 3 atom stereocenters. The SMILES string of the molecule is COC(=O)N[C@H](C(=O)N1CCC[C@@H]1c1ncc(-c2ccc3oc4c(ccc5cc(-c6cnc([C@H]7CCCN7C(=O)CC(C)C)[nH]6)ccc54)c(=O)c3c2)[nH]1)C(C)C. The summed E-state index contributed by atoms with van der Waals surface area (Å²) in [5.74, 6) is 1.61. The van der Waals surface area contributed by atoms with Crippen molar-refractivity contribution >= 4 is 50.6 Å². The molecule has 0 saturated carbocycles. The molecule has 13 nitrogen and oxygen atoms in total. The minimum atomic E-state index is -0.725. The molecule has 3 aromatic carbocycles. The number of hydrogen-bond donors (Lipinski definition) is 3. The lowest BCUT2D eigenvalue weighted by atomic mass is 10.0. The Balaban J connectivity index is 1.05. The van der Waals surface area contributed by atoms with Gasteiger partial charge < -0.3 is 34.2 Å². The number of likely N-dealkylation sites (tertiary alicyclic amines) is 2. The highest BCUT2D eigenvalue weighted by Gasteiger charge is 2.37. The Morgan fingerprint density at radius 1 is 0.839 bits per heavy atom. The number of amides is 3.